The summed E-state index contributed by atoms with van der Waals surface area (Å²) in [5.74, 6) is 0.892. The van der Waals surface area contributed by atoms with Crippen molar-refractivity contribution in [3.05, 3.63) is 59.4 Å². The average Bonchev–Trinajstić information content (AvgIpc) is 3.22. The highest BCUT2D eigenvalue weighted by Gasteiger charge is 2.30. The fourth-order valence-corrected chi connectivity index (χ4v) is 4.63. The van der Waals surface area contributed by atoms with E-state index in [4.69, 9.17) is 9.52 Å². The smallest absolute Gasteiger partial charge is 0.303 e. The van der Waals surface area contributed by atoms with Crippen LogP contribution in [0.1, 0.15) is 86.5 Å². The van der Waals surface area contributed by atoms with Crippen LogP contribution in [0.3, 0.4) is 0 Å². The Morgan fingerprint density at radius 2 is 1.72 bits per heavy atom. The first-order valence-corrected chi connectivity index (χ1v) is 12.9. The number of amides is 1. The van der Waals surface area contributed by atoms with E-state index in [-0.39, 0.29) is 24.1 Å². The van der Waals surface area contributed by atoms with Crippen molar-refractivity contribution < 1.29 is 24.2 Å². The largest absolute Gasteiger partial charge is 0.508 e. The Hall–Kier alpha value is -3.48. The summed E-state index contributed by atoms with van der Waals surface area (Å²) < 4.78 is 6.31. The standard InChI is InChI=1S/C26H32N2O3.C3H6O2/c1-3-15-27-26(30)19-9-11-20(12-10-19)28-24(18-7-5-4-6-8-18)25-17(2)22-16-21(29)13-14-23(22)31-25;1-2-3(4)5/h9-14,16,18,24,28-29H,3-8,15H2,1-2H3,(H,27,30);2H2,1H3,(H,4,5). The van der Waals surface area contributed by atoms with E-state index >= 15 is 0 Å². The van der Waals surface area contributed by atoms with Crippen molar-refractivity contribution in [3.8, 4) is 5.75 Å². The van der Waals surface area contributed by atoms with Crippen molar-refractivity contribution in [3.63, 3.8) is 0 Å². The van der Waals surface area contributed by atoms with Crippen molar-refractivity contribution in [2.45, 2.75) is 71.8 Å². The molecule has 4 N–H and O–H groups in total. The van der Waals surface area contributed by atoms with Gasteiger partial charge in [0.15, 0.2) is 0 Å². The van der Waals surface area contributed by atoms with E-state index in [1.807, 2.05) is 37.3 Å². The molecule has 1 amide bonds. The third kappa shape index (κ3) is 7.03. The van der Waals surface area contributed by atoms with Crippen LogP contribution in [0.4, 0.5) is 5.69 Å². The van der Waals surface area contributed by atoms with Crippen LogP contribution >= 0.6 is 0 Å². The normalized spacial score (nSPS) is 14.5. The maximum absolute atomic E-state index is 12.2. The molecule has 4 rings (SSSR count). The second-order valence-electron chi connectivity index (χ2n) is 9.37. The van der Waals surface area contributed by atoms with Gasteiger partial charge in [0.05, 0.1) is 6.04 Å². The van der Waals surface area contributed by atoms with E-state index in [0.29, 0.717) is 18.0 Å². The number of carboxylic acid groups (broad SMARTS) is 1. The molecule has 1 heterocycles. The number of aromatic hydroxyl groups is 1. The summed E-state index contributed by atoms with van der Waals surface area (Å²) >= 11 is 0. The molecule has 0 spiro atoms. The number of carboxylic acids is 1. The van der Waals surface area contributed by atoms with Crippen LogP contribution in [-0.2, 0) is 4.79 Å². The summed E-state index contributed by atoms with van der Waals surface area (Å²) in [7, 11) is 0. The third-order valence-corrected chi connectivity index (χ3v) is 6.67. The summed E-state index contributed by atoms with van der Waals surface area (Å²) in [4.78, 5) is 21.6. The van der Waals surface area contributed by atoms with Gasteiger partial charge < -0.3 is 25.3 Å². The Bertz CT molecular complexity index is 1150. The van der Waals surface area contributed by atoms with E-state index < -0.39 is 5.97 Å². The number of nitrogens with one attached hydrogen (secondary N) is 2. The van der Waals surface area contributed by atoms with E-state index in [9.17, 15) is 14.7 Å². The summed E-state index contributed by atoms with van der Waals surface area (Å²) in [6.45, 7) is 6.39. The number of carbonyl (C=O) groups excluding carboxylic acids is 1. The minimum Gasteiger partial charge on any atom is -0.508 e. The van der Waals surface area contributed by atoms with E-state index in [1.54, 1.807) is 19.1 Å². The van der Waals surface area contributed by atoms with Crippen molar-refractivity contribution in [1.82, 2.24) is 5.32 Å². The zero-order valence-corrected chi connectivity index (χ0v) is 21.5. The fourth-order valence-electron chi connectivity index (χ4n) is 4.63. The molecule has 3 aromatic rings. The van der Waals surface area contributed by atoms with Crippen LogP contribution in [-0.4, -0.2) is 28.6 Å². The van der Waals surface area contributed by atoms with Gasteiger partial charge in [-0.2, -0.15) is 0 Å². The molecule has 0 bridgehead atoms. The number of hydrogen-bond acceptors (Lipinski definition) is 5. The second-order valence-corrected chi connectivity index (χ2v) is 9.37. The quantitative estimate of drug-likeness (QED) is 0.274. The molecule has 1 unspecified atom stereocenters. The molecule has 7 heteroatoms. The Balaban J connectivity index is 0.000000658. The maximum atomic E-state index is 12.2. The molecule has 194 valence electrons. The molecule has 2 aromatic carbocycles. The lowest BCUT2D eigenvalue weighted by molar-refractivity contribution is -0.136. The number of hydrogen-bond donors (Lipinski definition) is 4. The van der Waals surface area contributed by atoms with Gasteiger partial charge in [-0.15, -0.1) is 0 Å². The number of anilines is 1. The molecule has 36 heavy (non-hydrogen) atoms. The molecule has 1 aromatic heterocycles. The summed E-state index contributed by atoms with van der Waals surface area (Å²) in [5, 5.41) is 25.2. The van der Waals surface area contributed by atoms with Gasteiger partial charge in [-0.25, -0.2) is 0 Å². The summed E-state index contributed by atoms with van der Waals surface area (Å²) in [6, 6.07) is 13.0. The van der Waals surface area contributed by atoms with Crippen molar-refractivity contribution >= 4 is 28.5 Å². The number of phenolic OH excluding ortho intramolecular Hbond substituents is 1. The van der Waals surface area contributed by atoms with E-state index in [0.717, 1.165) is 47.2 Å². The Morgan fingerprint density at radius 1 is 1.06 bits per heavy atom. The Kier molecular flexibility index (Phi) is 9.79. The minimum absolute atomic E-state index is 0.0369. The van der Waals surface area contributed by atoms with Gasteiger partial charge in [-0.05, 0) is 74.6 Å². The molecule has 0 saturated heterocycles. The van der Waals surface area contributed by atoms with Gasteiger partial charge in [0.25, 0.3) is 5.91 Å². The fraction of sp³-hybridized carbons (Fsp3) is 0.448. The zero-order chi connectivity index (χ0) is 26.1. The zero-order valence-electron chi connectivity index (χ0n) is 21.5. The monoisotopic (exact) mass is 494 g/mol. The van der Waals surface area contributed by atoms with Gasteiger partial charge >= 0.3 is 5.97 Å². The number of fused-ring (bicyclic) bond motifs is 1. The number of phenols is 1. The highest BCUT2D eigenvalue weighted by molar-refractivity contribution is 5.94. The molecular weight excluding hydrogens is 456 g/mol. The molecule has 0 radical (unpaired) electrons. The molecule has 0 aliphatic heterocycles. The number of aryl methyl sites for hydroxylation is 1. The molecule has 1 saturated carbocycles. The van der Waals surface area contributed by atoms with Crippen molar-refractivity contribution in [1.29, 1.82) is 0 Å². The molecule has 1 atom stereocenters. The van der Waals surface area contributed by atoms with Gasteiger partial charge in [0.1, 0.15) is 17.1 Å². The Labute approximate surface area is 212 Å². The topological polar surface area (TPSA) is 112 Å². The highest BCUT2D eigenvalue weighted by Crippen LogP contribution is 2.41. The predicted octanol–water partition coefficient (Wildman–Crippen LogP) is 6.80. The van der Waals surface area contributed by atoms with Gasteiger partial charge in [-0.1, -0.05) is 33.1 Å². The lowest BCUT2D eigenvalue weighted by Gasteiger charge is -2.31. The van der Waals surface area contributed by atoms with E-state index in [1.165, 1.54) is 19.3 Å². The van der Waals surface area contributed by atoms with Crippen LogP contribution in [0.5, 0.6) is 5.75 Å². The third-order valence-electron chi connectivity index (χ3n) is 6.67. The number of aliphatic carboxylic acids is 1. The summed E-state index contributed by atoms with van der Waals surface area (Å²) in [6.07, 6.45) is 7.23. The number of furan rings is 1. The van der Waals surface area contributed by atoms with Gasteiger partial charge in [0.2, 0.25) is 0 Å². The molecular formula is C29H38N2O5. The number of rotatable bonds is 8. The van der Waals surface area contributed by atoms with Gasteiger partial charge in [0, 0.05) is 35.2 Å². The average molecular weight is 495 g/mol. The first kappa shape index (κ1) is 27.1. The lowest BCUT2D eigenvalue weighted by Crippen LogP contribution is -2.24. The number of benzene rings is 2. The first-order chi connectivity index (χ1) is 17.3. The number of carbonyl (C=O) groups is 2. The van der Waals surface area contributed by atoms with Crippen LogP contribution in [0.25, 0.3) is 11.0 Å². The maximum Gasteiger partial charge on any atom is 0.303 e. The van der Waals surface area contributed by atoms with E-state index in [2.05, 4.69) is 17.6 Å². The van der Waals surface area contributed by atoms with Crippen LogP contribution in [0.15, 0.2) is 46.9 Å². The second kappa shape index (κ2) is 13.0. The lowest BCUT2D eigenvalue weighted by atomic mass is 9.82. The van der Waals surface area contributed by atoms with Crippen LogP contribution in [0.2, 0.25) is 0 Å². The SMILES string of the molecule is CCC(=O)O.CCCNC(=O)c1ccc(NC(c2oc3ccc(O)cc3c2C)C2CCCCC2)cc1. The first-order valence-electron chi connectivity index (χ1n) is 12.9. The highest BCUT2D eigenvalue weighted by atomic mass is 16.4. The van der Waals surface area contributed by atoms with Crippen molar-refractivity contribution in [2.75, 3.05) is 11.9 Å². The Morgan fingerprint density at radius 3 is 2.33 bits per heavy atom. The molecule has 1 fully saturated rings. The van der Waals surface area contributed by atoms with Crippen molar-refractivity contribution in [2.24, 2.45) is 5.92 Å². The molecule has 1 aliphatic carbocycles. The predicted molar refractivity (Wildman–Crippen MR) is 143 cm³/mol. The molecule has 1 aliphatic rings. The molecule has 7 nitrogen and oxygen atoms in total. The minimum atomic E-state index is -0.745. The van der Waals surface area contributed by atoms with Crippen LogP contribution in [0, 0.1) is 12.8 Å². The van der Waals surface area contributed by atoms with Crippen LogP contribution < -0.4 is 10.6 Å². The van der Waals surface area contributed by atoms with Gasteiger partial charge in [-0.3, -0.25) is 9.59 Å². The summed E-state index contributed by atoms with van der Waals surface area (Å²) in [5.41, 5.74) is 3.52.